The summed E-state index contributed by atoms with van der Waals surface area (Å²) in [4.78, 5) is 25.6. The molecule has 1 aliphatic heterocycles. The number of hydrogen-bond donors (Lipinski definition) is 2. The maximum absolute atomic E-state index is 14.0. The third-order valence-electron chi connectivity index (χ3n) is 3.56. The van der Waals surface area contributed by atoms with Crippen molar-refractivity contribution in [2.24, 2.45) is 0 Å². The first kappa shape index (κ1) is 18.1. The molecule has 0 aliphatic carbocycles. The molecule has 0 spiro atoms. The van der Waals surface area contributed by atoms with Gasteiger partial charge in [-0.2, -0.15) is 0 Å². The van der Waals surface area contributed by atoms with Crippen molar-refractivity contribution in [1.29, 1.82) is 0 Å². The summed E-state index contributed by atoms with van der Waals surface area (Å²) in [5.41, 5.74) is -0.546. The Balaban J connectivity index is 2.32. The fourth-order valence-electron chi connectivity index (χ4n) is 2.34. The van der Waals surface area contributed by atoms with Gasteiger partial charge in [0.2, 0.25) is 0 Å². The van der Waals surface area contributed by atoms with Crippen LogP contribution in [0.4, 0.5) is 13.6 Å². The van der Waals surface area contributed by atoms with E-state index >= 15 is 0 Å². The topological polar surface area (TPSA) is 81.1 Å². The number of amides is 2. The standard InChI is InChI=1S/C13H12ClF2IN2O4/c14-8-3-7(9(15)10(16)11(8)17)12(21)19-2-1-18(13(22)23)4-6(19)5-20/h3,6,20H,1-2,4-5H2,(H,22,23)/t6-/m1/s1. The Morgan fingerprint density at radius 2 is 2.00 bits per heavy atom. The van der Waals surface area contributed by atoms with E-state index in [1.54, 1.807) is 0 Å². The number of aliphatic hydroxyl groups excluding tert-OH is 1. The molecule has 1 aliphatic rings. The third-order valence-corrected chi connectivity index (χ3v) is 5.23. The summed E-state index contributed by atoms with van der Waals surface area (Å²) in [6.07, 6.45) is -1.18. The van der Waals surface area contributed by atoms with Crippen LogP contribution in [0, 0.1) is 15.2 Å². The van der Waals surface area contributed by atoms with Crippen molar-refractivity contribution in [2.75, 3.05) is 26.2 Å². The average Bonchev–Trinajstić information content (AvgIpc) is 2.54. The molecule has 126 valence electrons. The van der Waals surface area contributed by atoms with Crippen LogP contribution in [-0.4, -0.2) is 64.3 Å². The summed E-state index contributed by atoms with van der Waals surface area (Å²) in [5, 5.41) is 18.2. The largest absolute Gasteiger partial charge is 0.465 e. The zero-order chi connectivity index (χ0) is 17.3. The van der Waals surface area contributed by atoms with Crippen molar-refractivity contribution < 1.29 is 28.6 Å². The second kappa shape index (κ2) is 7.14. The molecule has 10 heteroatoms. The van der Waals surface area contributed by atoms with Crippen LogP contribution in [0.5, 0.6) is 0 Å². The van der Waals surface area contributed by atoms with Gasteiger partial charge in [0.25, 0.3) is 5.91 Å². The number of carbonyl (C=O) groups is 2. The highest BCUT2D eigenvalue weighted by Gasteiger charge is 2.34. The highest BCUT2D eigenvalue weighted by Crippen LogP contribution is 2.28. The SMILES string of the molecule is O=C(O)N1CCN(C(=O)c2cc(Cl)c(I)c(F)c2F)[C@@H](CO)C1. The molecule has 23 heavy (non-hydrogen) atoms. The molecule has 0 saturated carbocycles. The van der Waals surface area contributed by atoms with E-state index in [9.17, 15) is 23.5 Å². The second-order valence-electron chi connectivity index (χ2n) is 4.91. The normalized spacial score (nSPS) is 18.2. The number of halogens is 4. The van der Waals surface area contributed by atoms with Crippen LogP contribution in [0.2, 0.25) is 5.02 Å². The van der Waals surface area contributed by atoms with Gasteiger partial charge in [0.05, 0.1) is 26.8 Å². The number of nitrogens with zero attached hydrogens (tertiary/aromatic N) is 2. The maximum atomic E-state index is 14.0. The Labute approximate surface area is 148 Å². The molecule has 6 nitrogen and oxygen atoms in total. The van der Waals surface area contributed by atoms with E-state index in [4.69, 9.17) is 16.7 Å². The van der Waals surface area contributed by atoms with Crippen LogP contribution in [-0.2, 0) is 0 Å². The monoisotopic (exact) mass is 460 g/mol. The summed E-state index contributed by atoms with van der Waals surface area (Å²) in [6, 6.07) is 0.190. The predicted molar refractivity (Wildman–Crippen MR) is 85.6 cm³/mol. The first-order valence-electron chi connectivity index (χ1n) is 6.50. The Bertz CT molecular complexity index is 661. The van der Waals surface area contributed by atoms with Gasteiger partial charge in [-0.25, -0.2) is 13.6 Å². The molecule has 1 saturated heterocycles. The molecule has 1 aromatic carbocycles. The number of benzene rings is 1. The smallest absolute Gasteiger partial charge is 0.407 e. The fourth-order valence-corrected chi connectivity index (χ4v) is 2.92. The summed E-state index contributed by atoms with van der Waals surface area (Å²) < 4.78 is 27.7. The summed E-state index contributed by atoms with van der Waals surface area (Å²) in [5.74, 6) is -3.38. The minimum Gasteiger partial charge on any atom is -0.465 e. The Kier molecular flexibility index (Phi) is 5.63. The van der Waals surface area contributed by atoms with Crippen molar-refractivity contribution in [3.8, 4) is 0 Å². The summed E-state index contributed by atoms with van der Waals surface area (Å²) >= 11 is 7.32. The van der Waals surface area contributed by atoms with Crippen LogP contribution in [0.1, 0.15) is 10.4 Å². The van der Waals surface area contributed by atoms with Gasteiger partial charge >= 0.3 is 6.09 Å². The molecule has 0 unspecified atom stereocenters. The fraction of sp³-hybridized carbons (Fsp3) is 0.385. The highest BCUT2D eigenvalue weighted by atomic mass is 127. The molecule has 0 radical (unpaired) electrons. The molecular formula is C13H12ClF2IN2O4. The predicted octanol–water partition coefficient (Wildman–Crippen LogP) is 2.02. The minimum absolute atomic E-state index is 0.0137. The second-order valence-corrected chi connectivity index (χ2v) is 6.40. The van der Waals surface area contributed by atoms with Gasteiger partial charge in [0.15, 0.2) is 11.6 Å². The number of carboxylic acid groups (broad SMARTS) is 1. The first-order valence-corrected chi connectivity index (χ1v) is 7.96. The maximum Gasteiger partial charge on any atom is 0.407 e. The Morgan fingerprint density at radius 3 is 2.57 bits per heavy atom. The van der Waals surface area contributed by atoms with E-state index < -0.39 is 41.8 Å². The molecule has 2 amide bonds. The van der Waals surface area contributed by atoms with Gasteiger partial charge < -0.3 is 20.0 Å². The summed E-state index contributed by atoms with van der Waals surface area (Å²) in [7, 11) is 0. The number of hydrogen-bond acceptors (Lipinski definition) is 3. The van der Waals surface area contributed by atoms with E-state index in [1.807, 2.05) is 0 Å². The molecule has 0 bridgehead atoms. The van der Waals surface area contributed by atoms with Crippen molar-refractivity contribution in [3.63, 3.8) is 0 Å². The van der Waals surface area contributed by atoms with Crippen LogP contribution in [0.15, 0.2) is 6.07 Å². The lowest BCUT2D eigenvalue weighted by atomic mass is 10.1. The van der Waals surface area contributed by atoms with Crippen molar-refractivity contribution in [3.05, 3.63) is 31.9 Å². The van der Waals surface area contributed by atoms with Gasteiger partial charge in [-0.1, -0.05) is 11.6 Å². The molecular weight excluding hydrogens is 449 g/mol. The van der Waals surface area contributed by atoms with E-state index in [0.717, 1.165) is 15.9 Å². The number of piperazine rings is 1. The number of rotatable bonds is 2. The van der Waals surface area contributed by atoms with Gasteiger partial charge in [-0.3, -0.25) is 4.79 Å². The minimum atomic E-state index is -1.32. The third kappa shape index (κ3) is 3.50. The molecule has 1 atom stereocenters. The molecule has 1 heterocycles. The van der Waals surface area contributed by atoms with Crippen LogP contribution >= 0.6 is 34.2 Å². The number of carbonyl (C=O) groups excluding carboxylic acids is 1. The summed E-state index contributed by atoms with van der Waals surface area (Å²) in [6.45, 7) is -0.641. The van der Waals surface area contributed by atoms with Crippen molar-refractivity contribution >= 4 is 46.2 Å². The molecule has 0 aromatic heterocycles. The molecule has 2 N–H and O–H groups in total. The quantitative estimate of drug-likeness (QED) is 0.402. The van der Waals surface area contributed by atoms with Gasteiger partial charge in [0, 0.05) is 19.6 Å². The zero-order valence-electron chi connectivity index (χ0n) is 11.6. The van der Waals surface area contributed by atoms with Crippen LogP contribution in [0.3, 0.4) is 0 Å². The number of aliphatic hydroxyl groups is 1. The molecule has 2 rings (SSSR count). The molecule has 1 fully saturated rings. The van der Waals surface area contributed by atoms with E-state index in [2.05, 4.69) is 0 Å². The van der Waals surface area contributed by atoms with Gasteiger partial charge in [-0.05, 0) is 28.7 Å². The van der Waals surface area contributed by atoms with Crippen LogP contribution < -0.4 is 0 Å². The lowest BCUT2D eigenvalue weighted by molar-refractivity contribution is 0.0306. The van der Waals surface area contributed by atoms with E-state index in [0.29, 0.717) is 0 Å². The zero-order valence-corrected chi connectivity index (χ0v) is 14.5. The van der Waals surface area contributed by atoms with Gasteiger partial charge in [0.1, 0.15) is 0 Å². The van der Waals surface area contributed by atoms with Crippen molar-refractivity contribution in [2.45, 2.75) is 6.04 Å². The van der Waals surface area contributed by atoms with Gasteiger partial charge in [-0.15, -0.1) is 0 Å². The first-order chi connectivity index (χ1) is 10.8. The molecule has 1 aromatic rings. The Hall–Kier alpha value is -1.20. The lowest BCUT2D eigenvalue weighted by Crippen LogP contribution is -2.57. The van der Waals surface area contributed by atoms with E-state index in [1.165, 1.54) is 22.6 Å². The van der Waals surface area contributed by atoms with Crippen LogP contribution in [0.25, 0.3) is 0 Å². The van der Waals surface area contributed by atoms with E-state index in [-0.39, 0.29) is 28.2 Å². The average molecular weight is 461 g/mol. The highest BCUT2D eigenvalue weighted by molar-refractivity contribution is 14.1. The Morgan fingerprint density at radius 1 is 1.35 bits per heavy atom. The lowest BCUT2D eigenvalue weighted by Gasteiger charge is -2.39. The van der Waals surface area contributed by atoms with Crippen molar-refractivity contribution in [1.82, 2.24) is 9.80 Å².